The van der Waals surface area contributed by atoms with Crippen molar-refractivity contribution in [2.75, 3.05) is 18.8 Å². The number of hydrogen-bond donors (Lipinski definition) is 2. The fourth-order valence-electron chi connectivity index (χ4n) is 2.69. The Morgan fingerprint density at radius 3 is 2.57 bits per heavy atom. The van der Waals surface area contributed by atoms with Gasteiger partial charge in [-0.1, -0.05) is 0 Å². The lowest BCUT2D eigenvalue weighted by molar-refractivity contribution is -0.133. The number of aromatic nitrogens is 1. The smallest absolute Gasteiger partial charge is 0.272 e. The summed E-state index contributed by atoms with van der Waals surface area (Å²) in [5.41, 5.74) is 6.41. The number of nitrogen functional groups attached to an aromatic ring is 1. The van der Waals surface area contributed by atoms with E-state index in [0.29, 0.717) is 5.69 Å². The summed E-state index contributed by atoms with van der Waals surface area (Å²) in [6, 6.07) is 3.45. The third kappa shape index (κ3) is 3.15. The number of pyridine rings is 1. The van der Waals surface area contributed by atoms with Crippen LogP contribution in [0.25, 0.3) is 0 Å². The molecule has 0 spiro atoms. The minimum absolute atomic E-state index is 0.0853. The summed E-state index contributed by atoms with van der Waals surface area (Å²) in [5.74, 6) is 0.318. The molecule has 1 saturated heterocycles. The van der Waals surface area contributed by atoms with Crippen LogP contribution < -0.4 is 11.1 Å². The molecule has 0 unspecified atom stereocenters. The zero-order chi connectivity index (χ0) is 14.8. The summed E-state index contributed by atoms with van der Waals surface area (Å²) in [6.07, 6.45) is 5.21. The maximum atomic E-state index is 12.1. The number of nitrogens with zero attached hydrogens (tertiary/aromatic N) is 2. The van der Waals surface area contributed by atoms with Gasteiger partial charge >= 0.3 is 0 Å². The van der Waals surface area contributed by atoms with E-state index < -0.39 is 0 Å². The number of hydrogen-bond acceptors (Lipinski definition) is 4. The third-order valence-corrected chi connectivity index (χ3v) is 4.12. The Morgan fingerprint density at radius 1 is 1.24 bits per heavy atom. The molecule has 6 nitrogen and oxygen atoms in total. The van der Waals surface area contributed by atoms with Gasteiger partial charge in [0.2, 0.25) is 5.91 Å². The molecule has 6 heteroatoms. The molecule has 0 radical (unpaired) electrons. The van der Waals surface area contributed by atoms with Gasteiger partial charge in [0.25, 0.3) is 5.91 Å². The van der Waals surface area contributed by atoms with Crippen LogP contribution in [0.1, 0.15) is 36.2 Å². The van der Waals surface area contributed by atoms with Crippen LogP contribution in [0, 0.1) is 5.92 Å². The van der Waals surface area contributed by atoms with Gasteiger partial charge in [0.1, 0.15) is 0 Å². The average Bonchev–Trinajstić information content (AvgIpc) is 3.32. The van der Waals surface area contributed by atoms with E-state index in [-0.39, 0.29) is 29.5 Å². The number of carbonyl (C=O) groups excluding carboxylic acids is 2. The van der Waals surface area contributed by atoms with Crippen LogP contribution in [-0.4, -0.2) is 40.8 Å². The van der Waals surface area contributed by atoms with E-state index in [0.717, 1.165) is 38.8 Å². The summed E-state index contributed by atoms with van der Waals surface area (Å²) in [7, 11) is 0. The van der Waals surface area contributed by atoms with Gasteiger partial charge in [-0.2, -0.15) is 0 Å². The van der Waals surface area contributed by atoms with Crippen LogP contribution in [0.15, 0.2) is 18.3 Å². The van der Waals surface area contributed by atoms with Crippen molar-refractivity contribution in [1.82, 2.24) is 15.2 Å². The van der Waals surface area contributed by atoms with Crippen LogP contribution in [0.2, 0.25) is 0 Å². The topological polar surface area (TPSA) is 88.3 Å². The molecular formula is C15H20N4O2. The molecule has 0 bridgehead atoms. The second-order valence-corrected chi connectivity index (χ2v) is 5.79. The number of likely N-dealkylation sites (tertiary alicyclic amines) is 1. The Bertz CT molecular complexity index is 548. The zero-order valence-electron chi connectivity index (χ0n) is 11.9. The standard InChI is InChI=1S/C15H20N4O2/c16-12-2-1-7-17-13(12)14(20)18-11-5-8-19(9-6-11)15(21)10-3-4-10/h1-2,7,10-11H,3-6,8-9,16H2,(H,18,20). The van der Waals surface area contributed by atoms with Gasteiger partial charge in [0, 0.05) is 31.2 Å². The lowest BCUT2D eigenvalue weighted by Gasteiger charge is -2.32. The van der Waals surface area contributed by atoms with Gasteiger partial charge in [-0.15, -0.1) is 0 Å². The Labute approximate surface area is 123 Å². The third-order valence-electron chi connectivity index (χ3n) is 4.12. The highest BCUT2D eigenvalue weighted by molar-refractivity contribution is 5.97. The Morgan fingerprint density at radius 2 is 1.95 bits per heavy atom. The second kappa shape index (κ2) is 5.71. The van der Waals surface area contributed by atoms with Crippen molar-refractivity contribution in [3.05, 3.63) is 24.0 Å². The molecule has 1 aliphatic carbocycles. The van der Waals surface area contributed by atoms with Gasteiger partial charge < -0.3 is 16.0 Å². The molecular weight excluding hydrogens is 268 g/mol. The maximum Gasteiger partial charge on any atom is 0.272 e. The molecule has 1 saturated carbocycles. The number of amides is 2. The quantitative estimate of drug-likeness (QED) is 0.861. The minimum Gasteiger partial charge on any atom is -0.397 e. The van der Waals surface area contributed by atoms with Gasteiger partial charge in [-0.3, -0.25) is 9.59 Å². The second-order valence-electron chi connectivity index (χ2n) is 5.79. The molecule has 0 atom stereocenters. The van der Waals surface area contributed by atoms with Crippen molar-refractivity contribution >= 4 is 17.5 Å². The first-order valence-corrected chi connectivity index (χ1v) is 7.45. The predicted molar refractivity (Wildman–Crippen MR) is 78.4 cm³/mol. The van der Waals surface area contributed by atoms with E-state index in [1.54, 1.807) is 18.3 Å². The van der Waals surface area contributed by atoms with Crippen LogP contribution in [0.4, 0.5) is 5.69 Å². The molecule has 2 aliphatic rings. The summed E-state index contributed by atoms with van der Waals surface area (Å²) in [4.78, 5) is 30.0. The normalized spacial score (nSPS) is 19.3. The van der Waals surface area contributed by atoms with E-state index in [2.05, 4.69) is 10.3 Å². The SMILES string of the molecule is Nc1cccnc1C(=O)NC1CCN(C(=O)C2CC2)CC1. The van der Waals surface area contributed by atoms with Gasteiger partial charge in [-0.25, -0.2) is 4.98 Å². The lowest BCUT2D eigenvalue weighted by atomic mass is 10.0. The molecule has 3 rings (SSSR count). The summed E-state index contributed by atoms with van der Waals surface area (Å²) in [5, 5.41) is 2.96. The fourth-order valence-corrected chi connectivity index (χ4v) is 2.69. The molecule has 2 amide bonds. The van der Waals surface area contributed by atoms with Crippen molar-refractivity contribution in [3.63, 3.8) is 0 Å². The number of rotatable bonds is 3. The van der Waals surface area contributed by atoms with Crippen LogP contribution in [0.5, 0.6) is 0 Å². The van der Waals surface area contributed by atoms with E-state index >= 15 is 0 Å². The van der Waals surface area contributed by atoms with Crippen molar-refractivity contribution in [2.45, 2.75) is 31.7 Å². The molecule has 2 fully saturated rings. The molecule has 1 aromatic heterocycles. The first kappa shape index (κ1) is 13.9. The Balaban J connectivity index is 1.52. The number of piperidine rings is 1. The minimum atomic E-state index is -0.236. The zero-order valence-corrected chi connectivity index (χ0v) is 11.9. The number of carbonyl (C=O) groups is 2. The van der Waals surface area contributed by atoms with Crippen molar-refractivity contribution in [3.8, 4) is 0 Å². The predicted octanol–water partition coefficient (Wildman–Crippen LogP) is 0.795. The average molecular weight is 288 g/mol. The largest absolute Gasteiger partial charge is 0.397 e. The Kier molecular flexibility index (Phi) is 3.77. The fraction of sp³-hybridized carbons (Fsp3) is 0.533. The van der Waals surface area contributed by atoms with E-state index in [4.69, 9.17) is 5.73 Å². The molecule has 1 aliphatic heterocycles. The van der Waals surface area contributed by atoms with Gasteiger partial charge in [0.15, 0.2) is 5.69 Å². The van der Waals surface area contributed by atoms with E-state index in [1.165, 1.54) is 0 Å². The molecule has 21 heavy (non-hydrogen) atoms. The molecule has 1 aromatic rings. The van der Waals surface area contributed by atoms with E-state index in [1.807, 2.05) is 4.90 Å². The van der Waals surface area contributed by atoms with Crippen molar-refractivity contribution in [2.24, 2.45) is 5.92 Å². The summed E-state index contributed by atoms with van der Waals surface area (Å²) < 4.78 is 0. The summed E-state index contributed by atoms with van der Waals surface area (Å²) in [6.45, 7) is 1.44. The molecule has 3 N–H and O–H groups in total. The van der Waals surface area contributed by atoms with Crippen molar-refractivity contribution in [1.29, 1.82) is 0 Å². The van der Waals surface area contributed by atoms with Gasteiger partial charge in [-0.05, 0) is 37.8 Å². The number of anilines is 1. The highest BCUT2D eigenvalue weighted by Gasteiger charge is 2.35. The first-order chi connectivity index (χ1) is 10.1. The highest BCUT2D eigenvalue weighted by atomic mass is 16.2. The molecule has 2 heterocycles. The molecule has 112 valence electrons. The monoisotopic (exact) mass is 288 g/mol. The number of nitrogens with two attached hydrogens (primary N) is 1. The Hall–Kier alpha value is -2.11. The molecule has 0 aromatic carbocycles. The highest BCUT2D eigenvalue weighted by Crippen LogP contribution is 2.31. The maximum absolute atomic E-state index is 12.1. The van der Waals surface area contributed by atoms with Crippen LogP contribution >= 0.6 is 0 Å². The number of nitrogens with one attached hydrogen (secondary N) is 1. The van der Waals surface area contributed by atoms with E-state index in [9.17, 15) is 9.59 Å². The lowest BCUT2D eigenvalue weighted by Crippen LogP contribution is -2.47. The first-order valence-electron chi connectivity index (χ1n) is 7.45. The van der Waals surface area contributed by atoms with Gasteiger partial charge in [0.05, 0.1) is 5.69 Å². The van der Waals surface area contributed by atoms with Crippen LogP contribution in [0.3, 0.4) is 0 Å². The van der Waals surface area contributed by atoms with Crippen LogP contribution in [-0.2, 0) is 4.79 Å². The summed E-state index contributed by atoms with van der Waals surface area (Å²) >= 11 is 0. The van der Waals surface area contributed by atoms with Crippen molar-refractivity contribution < 1.29 is 9.59 Å².